The van der Waals surface area contributed by atoms with E-state index in [9.17, 15) is 0 Å². The molecule has 1 aromatic carbocycles. The summed E-state index contributed by atoms with van der Waals surface area (Å²) in [6, 6.07) is 8.39. The first-order chi connectivity index (χ1) is 8.81. The summed E-state index contributed by atoms with van der Waals surface area (Å²) in [4.78, 5) is 0. The van der Waals surface area contributed by atoms with Crippen LogP contribution in [0.2, 0.25) is 0 Å². The first-order valence-corrected chi connectivity index (χ1v) is 6.98. The smallest absolute Gasteiger partial charge is 0.119 e. The molecule has 0 fully saturated rings. The highest BCUT2D eigenvalue weighted by Gasteiger charge is 2.07. The largest absolute Gasteiger partial charge is 0.494 e. The van der Waals surface area contributed by atoms with Crippen LogP contribution >= 0.6 is 0 Å². The van der Waals surface area contributed by atoms with E-state index in [2.05, 4.69) is 44.0 Å². The molecule has 1 rings (SSSR count). The van der Waals surface area contributed by atoms with Gasteiger partial charge in [0.05, 0.1) is 6.61 Å². The second-order valence-corrected chi connectivity index (χ2v) is 4.64. The molecule has 0 saturated heterocycles. The van der Waals surface area contributed by atoms with Gasteiger partial charge in [-0.3, -0.25) is 0 Å². The normalized spacial score (nSPS) is 11.8. The molecular formula is C17H24O. The predicted molar refractivity (Wildman–Crippen MR) is 77.9 cm³/mol. The van der Waals surface area contributed by atoms with Gasteiger partial charge in [0.2, 0.25) is 0 Å². The molecule has 98 valence electrons. The van der Waals surface area contributed by atoms with Crippen LogP contribution in [-0.2, 0) is 0 Å². The molecule has 0 amide bonds. The number of ether oxygens (including phenoxy) is 1. The van der Waals surface area contributed by atoms with E-state index in [0.29, 0.717) is 5.92 Å². The van der Waals surface area contributed by atoms with Gasteiger partial charge in [0.1, 0.15) is 5.75 Å². The minimum Gasteiger partial charge on any atom is -0.494 e. The highest BCUT2D eigenvalue weighted by Crippen LogP contribution is 2.24. The van der Waals surface area contributed by atoms with Crippen LogP contribution in [0.25, 0.3) is 0 Å². The number of hydrogen-bond donors (Lipinski definition) is 0. The monoisotopic (exact) mass is 244 g/mol. The fourth-order valence-corrected chi connectivity index (χ4v) is 2.02. The summed E-state index contributed by atoms with van der Waals surface area (Å²) in [5.74, 6) is 4.19. The van der Waals surface area contributed by atoms with Crippen molar-refractivity contribution < 1.29 is 4.74 Å². The molecule has 1 heteroatoms. The molecule has 0 heterocycles. The standard InChI is InChI=1S/C17H24O/c1-4-7-8-14-18-17-12-10-16(11-13-17)15(6-3)9-5-2/h2,10-13,15H,4,6-9,14H2,1,3H3. The Kier molecular flexibility index (Phi) is 7.03. The van der Waals surface area contributed by atoms with Crippen LogP contribution in [-0.4, -0.2) is 6.61 Å². The minimum absolute atomic E-state index is 0.476. The number of unbranched alkanes of at least 4 members (excludes halogenated alkanes) is 2. The van der Waals surface area contributed by atoms with Gasteiger partial charge >= 0.3 is 0 Å². The summed E-state index contributed by atoms with van der Waals surface area (Å²) in [7, 11) is 0. The van der Waals surface area contributed by atoms with Crippen LogP contribution in [0.3, 0.4) is 0 Å². The van der Waals surface area contributed by atoms with Crippen molar-refractivity contribution in [2.75, 3.05) is 6.61 Å². The molecule has 0 aliphatic carbocycles. The van der Waals surface area contributed by atoms with Crippen molar-refractivity contribution in [1.29, 1.82) is 0 Å². The van der Waals surface area contributed by atoms with Crippen LogP contribution < -0.4 is 4.74 Å². The lowest BCUT2D eigenvalue weighted by atomic mass is 9.94. The summed E-state index contributed by atoms with van der Waals surface area (Å²) in [6.45, 7) is 5.19. The van der Waals surface area contributed by atoms with Gasteiger partial charge in [-0.2, -0.15) is 0 Å². The zero-order valence-corrected chi connectivity index (χ0v) is 11.6. The van der Waals surface area contributed by atoms with Crippen molar-refractivity contribution in [2.24, 2.45) is 0 Å². The molecular weight excluding hydrogens is 220 g/mol. The Morgan fingerprint density at radius 3 is 2.44 bits per heavy atom. The third-order valence-corrected chi connectivity index (χ3v) is 3.23. The molecule has 1 aromatic rings. The van der Waals surface area contributed by atoms with Gasteiger partial charge in [0.25, 0.3) is 0 Å². The zero-order chi connectivity index (χ0) is 13.2. The molecule has 1 atom stereocenters. The lowest BCUT2D eigenvalue weighted by Gasteiger charge is -2.13. The fraction of sp³-hybridized carbons (Fsp3) is 0.529. The van der Waals surface area contributed by atoms with Gasteiger partial charge in [0, 0.05) is 6.42 Å². The first kappa shape index (κ1) is 14.6. The molecule has 0 spiro atoms. The summed E-state index contributed by atoms with van der Waals surface area (Å²) in [5, 5.41) is 0. The Labute approximate surface area is 112 Å². The lowest BCUT2D eigenvalue weighted by molar-refractivity contribution is 0.306. The van der Waals surface area contributed by atoms with E-state index in [1.54, 1.807) is 0 Å². The van der Waals surface area contributed by atoms with Crippen LogP contribution in [0.15, 0.2) is 24.3 Å². The average Bonchev–Trinajstić information content (AvgIpc) is 2.42. The van der Waals surface area contributed by atoms with Crippen LogP contribution in [0, 0.1) is 12.3 Å². The molecule has 0 aromatic heterocycles. The van der Waals surface area contributed by atoms with Gasteiger partial charge in [-0.15, -0.1) is 12.3 Å². The number of terminal acetylenes is 1. The van der Waals surface area contributed by atoms with E-state index in [1.165, 1.54) is 18.4 Å². The maximum absolute atomic E-state index is 5.70. The van der Waals surface area contributed by atoms with Gasteiger partial charge in [-0.1, -0.05) is 38.8 Å². The minimum atomic E-state index is 0.476. The summed E-state index contributed by atoms with van der Waals surface area (Å²) >= 11 is 0. The maximum Gasteiger partial charge on any atom is 0.119 e. The van der Waals surface area contributed by atoms with E-state index >= 15 is 0 Å². The summed E-state index contributed by atoms with van der Waals surface area (Å²) in [5.41, 5.74) is 1.32. The van der Waals surface area contributed by atoms with Gasteiger partial charge in [-0.25, -0.2) is 0 Å². The highest BCUT2D eigenvalue weighted by atomic mass is 16.5. The first-order valence-electron chi connectivity index (χ1n) is 6.98. The van der Waals surface area contributed by atoms with Crippen LogP contribution in [0.4, 0.5) is 0 Å². The molecule has 0 radical (unpaired) electrons. The molecule has 0 aliphatic heterocycles. The van der Waals surface area contributed by atoms with E-state index in [-0.39, 0.29) is 0 Å². The van der Waals surface area contributed by atoms with Gasteiger partial charge in [-0.05, 0) is 36.5 Å². The average molecular weight is 244 g/mol. The maximum atomic E-state index is 5.70. The van der Waals surface area contributed by atoms with Crippen molar-refractivity contribution in [2.45, 2.75) is 51.9 Å². The third-order valence-electron chi connectivity index (χ3n) is 3.23. The van der Waals surface area contributed by atoms with E-state index in [1.807, 2.05) is 0 Å². The molecule has 0 bridgehead atoms. The van der Waals surface area contributed by atoms with E-state index in [0.717, 1.165) is 31.6 Å². The Balaban J connectivity index is 2.49. The van der Waals surface area contributed by atoms with Gasteiger partial charge < -0.3 is 4.74 Å². The van der Waals surface area contributed by atoms with Gasteiger partial charge in [0.15, 0.2) is 0 Å². The Morgan fingerprint density at radius 2 is 1.89 bits per heavy atom. The topological polar surface area (TPSA) is 9.23 Å². The van der Waals surface area contributed by atoms with Crippen molar-refractivity contribution in [3.63, 3.8) is 0 Å². The number of benzene rings is 1. The van der Waals surface area contributed by atoms with Crippen molar-refractivity contribution in [1.82, 2.24) is 0 Å². The fourth-order valence-electron chi connectivity index (χ4n) is 2.02. The van der Waals surface area contributed by atoms with Crippen molar-refractivity contribution in [3.8, 4) is 18.1 Å². The van der Waals surface area contributed by atoms with Crippen LogP contribution in [0.5, 0.6) is 5.75 Å². The molecule has 0 aliphatic rings. The van der Waals surface area contributed by atoms with Crippen LogP contribution in [0.1, 0.15) is 57.4 Å². The molecule has 0 saturated carbocycles. The second kappa shape index (κ2) is 8.64. The van der Waals surface area contributed by atoms with Crippen molar-refractivity contribution >= 4 is 0 Å². The Bertz CT molecular complexity index is 358. The quantitative estimate of drug-likeness (QED) is 0.472. The third kappa shape index (κ3) is 4.84. The molecule has 1 unspecified atom stereocenters. The van der Waals surface area contributed by atoms with E-state index in [4.69, 9.17) is 11.2 Å². The highest BCUT2D eigenvalue weighted by molar-refractivity contribution is 5.30. The Hall–Kier alpha value is -1.42. The SMILES string of the molecule is C#CCC(CC)c1ccc(OCCCCC)cc1. The number of hydrogen-bond acceptors (Lipinski definition) is 1. The zero-order valence-electron chi connectivity index (χ0n) is 11.6. The predicted octanol–water partition coefficient (Wildman–Crippen LogP) is 4.77. The summed E-state index contributed by atoms with van der Waals surface area (Å²) < 4.78 is 5.70. The van der Waals surface area contributed by atoms with Crippen molar-refractivity contribution in [3.05, 3.63) is 29.8 Å². The second-order valence-electron chi connectivity index (χ2n) is 4.64. The molecule has 1 nitrogen and oxygen atoms in total. The molecule has 0 N–H and O–H groups in total. The lowest BCUT2D eigenvalue weighted by Crippen LogP contribution is -1.99. The molecule has 18 heavy (non-hydrogen) atoms. The number of rotatable bonds is 8. The summed E-state index contributed by atoms with van der Waals surface area (Å²) in [6.07, 6.45) is 10.9. The van der Waals surface area contributed by atoms with E-state index < -0.39 is 0 Å². The Morgan fingerprint density at radius 1 is 1.17 bits per heavy atom.